The summed E-state index contributed by atoms with van der Waals surface area (Å²) in [5.74, 6) is 0.0451. The maximum Gasteiger partial charge on any atom is 0.255 e. The Hall–Kier alpha value is -1.55. The molecule has 4 heteroatoms. The first-order valence-electron chi connectivity index (χ1n) is 7.47. The van der Waals surface area contributed by atoms with Gasteiger partial charge in [0.05, 0.1) is 11.1 Å². The zero-order chi connectivity index (χ0) is 15.4. The van der Waals surface area contributed by atoms with Crippen LogP contribution >= 0.6 is 12.6 Å². The molecule has 3 nitrogen and oxygen atoms in total. The van der Waals surface area contributed by atoms with E-state index < -0.39 is 0 Å². The van der Waals surface area contributed by atoms with Crippen molar-refractivity contribution in [1.82, 2.24) is 9.88 Å². The van der Waals surface area contributed by atoms with Crippen molar-refractivity contribution in [1.29, 1.82) is 0 Å². The Kier molecular flexibility index (Phi) is 5.23. The van der Waals surface area contributed by atoms with E-state index in [0.717, 1.165) is 30.3 Å². The number of hydrogen-bond donors (Lipinski definition) is 1. The lowest BCUT2D eigenvalue weighted by Gasteiger charge is -2.29. The molecule has 0 aliphatic rings. The molecule has 21 heavy (non-hydrogen) atoms. The lowest BCUT2D eigenvalue weighted by atomic mass is 10.1. The van der Waals surface area contributed by atoms with Crippen LogP contribution in [0.3, 0.4) is 0 Å². The molecule has 1 atom stereocenters. The molecule has 0 N–H and O–H groups in total. The van der Waals surface area contributed by atoms with Crippen molar-refractivity contribution in [2.24, 2.45) is 0 Å². The largest absolute Gasteiger partial charge is 0.336 e. The number of carbonyl (C=O) groups excluding carboxylic acids is 1. The van der Waals surface area contributed by atoms with Crippen LogP contribution in [0.2, 0.25) is 0 Å². The fourth-order valence-electron chi connectivity index (χ4n) is 2.44. The highest BCUT2D eigenvalue weighted by atomic mass is 32.1. The minimum Gasteiger partial charge on any atom is -0.336 e. The second-order valence-electron chi connectivity index (χ2n) is 5.29. The third kappa shape index (κ3) is 3.21. The molecule has 1 unspecified atom stereocenters. The van der Waals surface area contributed by atoms with Gasteiger partial charge in [0.2, 0.25) is 0 Å². The lowest BCUT2D eigenvalue weighted by molar-refractivity contribution is 0.0685. The maximum atomic E-state index is 12.8. The highest BCUT2D eigenvalue weighted by Crippen LogP contribution is 2.25. The van der Waals surface area contributed by atoms with Crippen molar-refractivity contribution >= 4 is 29.4 Å². The summed E-state index contributed by atoms with van der Waals surface area (Å²) in [6, 6.07) is 7.90. The van der Waals surface area contributed by atoms with Gasteiger partial charge in [-0.15, -0.1) is 12.6 Å². The number of fused-ring (bicyclic) bond motifs is 1. The van der Waals surface area contributed by atoms with Crippen LogP contribution in [0.4, 0.5) is 0 Å². The third-order valence-corrected chi connectivity index (χ3v) is 4.28. The molecule has 1 aromatic heterocycles. The van der Waals surface area contributed by atoms with Gasteiger partial charge < -0.3 is 4.90 Å². The first kappa shape index (κ1) is 15.8. The van der Waals surface area contributed by atoms with Gasteiger partial charge >= 0.3 is 0 Å². The Bertz CT molecular complexity index is 642. The van der Waals surface area contributed by atoms with Crippen molar-refractivity contribution in [2.45, 2.75) is 44.6 Å². The zero-order valence-corrected chi connectivity index (χ0v) is 13.7. The van der Waals surface area contributed by atoms with E-state index in [9.17, 15) is 4.79 Å². The molecule has 1 heterocycles. The molecule has 2 aromatic rings. The molecule has 1 aromatic carbocycles. The normalized spacial score (nSPS) is 12.4. The van der Waals surface area contributed by atoms with Gasteiger partial charge in [-0.2, -0.15) is 0 Å². The van der Waals surface area contributed by atoms with E-state index in [-0.39, 0.29) is 11.9 Å². The van der Waals surface area contributed by atoms with Crippen molar-refractivity contribution in [3.8, 4) is 0 Å². The highest BCUT2D eigenvalue weighted by molar-refractivity contribution is 7.80. The quantitative estimate of drug-likeness (QED) is 0.841. The van der Waals surface area contributed by atoms with Crippen LogP contribution in [0.25, 0.3) is 10.9 Å². The Morgan fingerprint density at radius 2 is 2.10 bits per heavy atom. The second kappa shape index (κ2) is 6.94. The summed E-state index contributed by atoms with van der Waals surface area (Å²) >= 11 is 4.55. The van der Waals surface area contributed by atoms with E-state index in [0.29, 0.717) is 10.5 Å². The summed E-state index contributed by atoms with van der Waals surface area (Å²) in [5, 5.41) is 1.00. The van der Waals surface area contributed by atoms with Crippen LogP contribution in [0.5, 0.6) is 0 Å². The van der Waals surface area contributed by atoms with Gasteiger partial charge in [0, 0.05) is 29.1 Å². The summed E-state index contributed by atoms with van der Waals surface area (Å²) in [6.45, 7) is 7.04. The van der Waals surface area contributed by atoms with Gasteiger partial charge in [-0.25, -0.2) is 0 Å². The van der Waals surface area contributed by atoms with E-state index >= 15 is 0 Å². The minimum absolute atomic E-state index is 0.0451. The molecule has 0 saturated carbocycles. The number of thiol groups is 1. The Labute approximate surface area is 131 Å². The van der Waals surface area contributed by atoms with Crippen LogP contribution < -0.4 is 0 Å². The Morgan fingerprint density at radius 3 is 2.76 bits per heavy atom. The molecule has 0 fully saturated rings. The molecule has 0 radical (unpaired) electrons. The maximum absolute atomic E-state index is 12.8. The number of benzene rings is 1. The van der Waals surface area contributed by atoms with Crippen LogP contribution in [0.15, 0.2) is 35.4 Å². The molecular formula is C17H22N2OS. The predicted molar refractivity (Wildman–Crippen MR) is 90.1 cm³/mol. The van der Waals surface area contributed by atoms with E-state index in [1.165, 1.54) is 0 Å². The monoisotopic (exact) mass is 302 g/mol. The molecule has 112 valence electrons. The SMILES string of the molecule is CCCN(C(=O)c1ccc2cccnc2c1S)C(C)CC. The van der Waals surface area contributed by atoms with Crippen molar-refractivity contribution in [2.75, 3.05) is 6.54 Å². The number of aromatic nitrogens is 1. The number of hydrogen-bond acceptors (Lipinski definition) is 3. The van der Waals surface area contributed by atoms with Crippen LogP contribution in [-0.2, 0) is 0 Å². The van der Waals surface area contributed by atoms with E-state index in [4.69, 9.17) is 0 Å². The summed E-state index contributed by atoms with van der Waals surface area (Å²) < 4.78 is 0. The third-order valence-electron chi connectivity index (χ3n) is 3.83. The van der Waals surface area contributed by atoms with E-state index in [1.807, 2.05) is 29.2 Å². The Balaban J connectivity index is 2.44. The first-order valence-corrected chi connectivity index (χ1v) is 7.92. The Morgan fingerprint density at radius 1 is 1.33 bits per heavy atom. The molecule has 0 spiro atoms. The van der Waals surface area contributed by atoms with Gasteiger partial charge in [-0.3, -0.25) is 9.78 Å². The molecule has 2 rings (SSSR count). The minimum atomic E-state index is 0.0451. The summed E-state index contributed by atoms with van der Waals surface area (Å²) in [4.78, 5) is 19.8. The standard InChI is InChI=1S/C17H22N2OS/c1-4-11-19(12(3)5-2)17(20)14-9-8-13-7-6-10-18-15(13)16(14)21/h6-10,12,21H,4-5,11H2,1-3H3. The number of rotatable bonds is 5. The van der Waals surface area contributed by atoms with Gasteiger partial charge in [-0.05, 0) is 31.9 Å². The molecule has 0 aliphatic carbocycles. The molecule has 0 saturated heterocycles. The van der Waals surface area contributed by atoms with Crippen LogP contribution in [-0.4, -0.2) is 28.4 Å². The fraction of sp³-hybridized carbons (Fsp3) is 0.412. The zero-order valence-electron chi connectivity index (χ0n) is 12.8. The number of carbonyl (C=O) groups is 1. The highest BCUT2D eigenvalue weighted by Gasteiger charge is 2.22. The molecular weight excluding hydrogens is 280 g/mol. The van der Waals surface area contributed by atoms with Gasteiger partial charge in [-0.1, -0.05) is 26.0 Å². The lowest BCUT2D eigenvalue weighted by Crippen LogP contribution is -2.39. The fourth-order valence-corrected chi connectivity index (χ4v) is 2.80. The smallest absolute Gasteiger partial charge is 0.255 e. The number of nitrogens with zero attached hydrogens (tertiary/aromatic N) is 2. The summed E-state index contributed by atoms with van der Waals surface area (Å²) in [5.41, 5.74) is 1.42. The van der Waals surface area contributed by atoms with Crippen molar-refractivity contribution in [3.63, 3.8) is 0 Å². The first-order chi connectivity index (χ1) is 10.1. The van der Waals surface area contributed by atoms with E-state index in [2.05, 4.69) is 38.4 Å². The van der Waals surface area contributed by atoms with Gasteiger partial charge in [0.25, 0.3) is 5.91 Å². The molecule has 0 bridgehead atoms. The van der Waals surface area contributed by atoms with Crippen molar-refractivity contribution in [3.05, 3.63) is 36.0 Å². The van der Waals surface area contributed by atoms with Crippen molar-refractivity contribution < 1.29 is 4.79 Å². The van der Waals surface area contributed by atoms with Gasteiger partial charge in [0.1, 0.15) is 0 Å². The predicted octanol–water partition coefficient (Wildman–Crippen LogP) is 4.17. The number of amides is 1. The summed E-state index contributed by atoms with van der Waals surface area (Å²) in [7, 11) is 0. The number of pyridine rings is 1. The van der Waals surface area contributed by atoms with E-state index in [1.54, 1.807) is 6.20 Å². The average molecular weight is 302 g/mol. The molecule has 0 aliphatic heterocycles. The van der Waals surface area contributed by atoms with Crippen LogP contribution in [0, 0.1) is 0 Å². The molecule has 1 amide bonds. The topological polar surface area (TPSA) is 33.2 Å². The van der Waals surface area contributed by atoms with Gasteiger partial charge in [0.15, 0.2) is 0 Å². The second-order valence-corrected chi connectivity index (χ2v) is 5.74. The summed E-state index contributed by atoms with van der Waals surface area (Å²) in [6.07, 6.45) is 3.62. The van der Waals surface area contributed by atoms with Crippen LogP contribution in [0.1, 0.15) is 44.0 Å². The average Bonchev–Trinajstić information content (AvgIpc) is 2.52.